The van der Waals surface area contributed by atoms with E-state index in [0.29, 0.717) is 25.7 Å². The summed E-state index contributed by atoms with van der Waals surface area (Å²) in [5.41, 5.74) is 0. The minimum absolute atomic E-state index is 0.198. The van der Waals surface area contributed by atoms with Crippen LogP contribution in [0.15, 0.2) is 10.7 Å². The summed E-state index contributed by atoms with van der Waals surface area (Å²) in [6.07, 6.45) is 1.60. The van der Waals surface area contributed by atoms with Gasteiger partial charge in [-0.05, 0) is 13.8 Å². The van der Waals surface area contributed by atoms with E-state index in [1.165, 1.54) is 0 Å². The number of nitrogens with one attached hydrogen (secondary N) is 1. The van der Waals surface area contributed by atoms with Crippen molar-refractivity contribution in [1.29, 1.82) is 0 Å². The van der Waals surface area contributed by atoms with Crippen LogP contribution >= 0.6 is 0 Å². The molecule has 0 aromatic carbocycles. The predicted molar refractivity (Wildman–Crippen MR) is 73.6 cm³/mol. The number of ether oxygens (including phenoxy) is 3. The number of anilines is 1. The second-order valence-corrected chi connectivity index (χ2v) is 5.76. The first-order valence-electron chi connectivity index (χ1n) is 7.35. The molecule has 0 aliphatic carbocycles. The summed E-state index contributed by atoms with van der Waals surface area (Å²) in [6.45, 7) is 6.82. The Morgan fingerprint density at radius 3 is 2.95 bits per heavy atom. The molecule has 0 saturated carbocycles. The van der Waals surface area contributed by atoms with Gasteiger partial charge in [-0.2, -0.15) is 0 Å². The van der Waals surface area contributed by atoms with E-state index in [1.54, 1.807) is 11.0 Å². The van der Waals surface area contributed by atoms with Crippen LogP contribution in [0, 0.1) is 0 Å². The van der Waals surface area contributed by atoms with Crippen molar-refractivity contribution in [2.24, 2.45) is 0 Å². The highest BCUT2D eigenvalue weighted by Crippen LogP contribution is 2.24. The average Bonchev–Trinajstić information content (AvgIpc) is 3.06. The smallest absolute Gasteiger partial charge is 0.305 e. The predicted octanol–water partition coefficient (Wildman–Crippen LogP) is -0.590. The monoisotopic (exact) mass is 313 g/mol. The molecule has 0 bridgehead atoms. The minimum atomic E-state index is -0.628. The molecule has 9 nitrogen and oxygen atoms in total. The summed E-state index contributed by atoms with van der Waals surface area (Å²) in [4.78, 5) is 13.6. The van der Waals surface area contributed by atoms with Crippen molar-refractivity contribution < 1.29 is 28.3 Å². The quantitative estimate of drug-likeness (QED) is 0.743. The molecule has 9 heteroatoms. The highest BCUT2D eigenvalue weighted by Gasteiger charge is 2.34. The average molecular weight is 313 g/mol. The molecule has 2 aliphatic rings. The maximum absolute atomic E-state index is 12.0. The number of hydrogen-bond acceptors (Lipinski definition) is 7. The molecule has 1 aromatic heterocycles. The molecule has 3 heterocycles. The third-order valence-corrected chi connectivity index (χ3v) is 3.48. The zero-order valence-electron chi connectivity index (χ0n) is 12.8. The Balaban J connectivity index is 1.50. The van der Waals surface area contributed by atoms with Crippen LogP contribution in [0.3, 0.4) is 0 Å². The number of carbonyl (C=O) groups excluding carboxylic acids is 1. The van der Waals surface area contributed by atoms with Crippen molar-refractivity contribution in [3.05, 3.63) is 6.20 Å². The fourth-order valence-corrected chi connectivity index (χ4v) is 2.44. The Morgan fingerprint density at radius 1 is 1.50 bits per heavy atom. The van der Waals surface area contributed by atoms with Gasteiger partial charge in [0.25, 0.3) is 6.20 Å². The van der Waals surface area contributed by atoms with Gasteiger partial charge in [0, 0.05) is 0 Å². The molecular formula is C13H21N4O5+. The summed E-state index contributed by atoms with van der Waals surface area (Å²) >= 11 is 0. The molecule has 1 atom stereocenters. The Kier molecular flexibility index (Phi) is 4.27. The van der Waals surface area contributed by atoms with Crippen LogP contribution in [0.5, 0.6) is 0 Å². The lowest BCUT2D eigenvalue weighted by Crippen LogP contribution is -2.62. The molecule has 1 amide bonds. The molecular weight excluding hydrogens is 292 g/mol. The molecule has 0 unspecified atom stereocenters. The van der Waals surface area contributed by atoms with E-state index in [2.05, 4.69) is 10.6 Å². The Hall–Kier alpha value is -1.71. The largest absolute Gasteiger partial charge is 0.377 e. The number of aromatic nitrogens is 2. The topological polar surface area (TPSA) is 89.9 Å². The van der Waals surface area contributed by atoms with Crippen molar-refractivity contribution >= 4 is 11.8 Å². The normalized spacial score (nSPS) is 24.5. The molecule has 0 radical (unpaired) electrons. The summed E-state index contributed by atoms with van der Waals surface area (Å²) in [5, 5.41) is 8.53. The van der Waals surface area contributed by atoms with Crippen molar-refractivity contribution in [2.75, 3.05) is 43.2 Å². The first kappa shape index (κ1) is 15.2. The van der Waals surface area contributed by atoms with Crippen molar-refractivity contribution in [3.8, 4) is 0 Å². The first-order chi connectivity index (χ1) is 10.5. The highest BCUT2D eigenvalue weighted by molar-refractivity contribution is 5.89. The number of hydrogen-bond donors (Lipinski definition) is 1. The lowest BCUT2D eigenvalue weighted by atomic mass is 10.2. The first-order valence-corrected chi connectivity index (χ1v) is 7.35. The van der Waals surface area contributed by atoms with E-state index in [-0.39, 0.29) is 18.4 Å². The SMILES string of the molecule is CC1(C)OC[C@@H](CC(=O)Nc2c[n+](N3CCOCC3)no2)O1. The molecule has 2 fully saturated rings. The van der Waals surface area contributed by atoms with Crippen LogP contribution in [-0.4, -0.2) is 56.0 Å². The number of amides is 1. The summed E-state index contributed by atoms with van der Waals surface area (Å²) < 4.78 is 21.4. The van der Waals surface area contributed by atoms with Gasteiger partial charge in [-0.25, -0.2) is 0 Å². The van der Waals surface area contributed by atoms with E-state index in [4.69, 9.17) is 18.7 Å². The van der Waals surface area contributed by atoms with E-state index < -0.39 is 5.79 Å². The van der Waals surface area contributed by atoms with Crippen LogP contribution in [0.1, 0.15) is 20.3 Å². The van der Waals surface area contributed by atoms with Crippen molar-refractivity contribution in [2.45, 2.75) is 32.2 Å². The standard InChI is InChI=1S/C13H20N4O5/c1-13(2)20-9-10(21-13)7-11(18)14-12-8-17(15-22-12)16-3-5-19-6-4-16/h8,10H,3-7,9H2,1-2H3/p+1/t10-/m1/s1. The summed E-state index contributed by atoms with van der Waals surface area (Å²) in [6, 6.07) is 0. The fourth-order valence-electron chi connectivity index (χ4n) is 2.44. The van der Waals surface area contributed by atoms with Gasteiger partial charge in [-0.3, -0.25) is 14.6 Å². The Morgan fingerprint density at radius 2 is 2.27 bits per heavy atom. The molecule has 1 N–H and O–H groups in total. The lowest BCUT2D eigenvalue weighted by Gasteiger charge is -2.18. The van der Waals surface area contributed by atoms with E-state index in [0.717, 1.165) is 13.1 Å². The molecule has 2 saturated heterocycles. The summed E-state index contributed by atoms with van der Waals surface area (Å²) in [7, 11) is 0. The molecule has 2 aliphatic heterocycles. The second kappa shape index (κ2) is 6.19. The molecule has 0 spiro atoms. The Bertz CT molecular complexity index is 526. The molecule has 1 aromatic rings. The van der Waals surface area contributed by atoms with E-state index >= 15 is 0 Å². The van der Waals surface area contributed by atoms with Gasteiger partial charge in [-0.15, -0.1) is 5.01 Å². The number of carbonyl (C=O) groups is 1. The van der Waals surface area contributed by atoms with Gasteiger partial charge >= 0.3 is 5.88 Å². The van der Waals surface area contributed by atoms with Gasteiger partial charge in [0.1, 0.15) is 0 Å². The van der Waals surface area contributed by atoms with E-state index in [9.17, 15) is 4.79 Å². The van der Waals surface area contributed by atoms with Crippen LogP contribution in [0.2, 0.25) is 0 Å². The van der Waals surface area contributed by atoms with Crippen LogP contribution in [0.25, 0.3) is 0 Å². The third-order valence-electron chi connectivity index (χ3n) is 3.48. The van der Waals surface area contributed by atoms with Gasteiger partial charge in [0.15, 0.2) is 5.79 Å². The summed E-state index contributed by atoms with van der Waals surface area (Å²) in [5.74, 6) is -0.525. The maximum Gasteiger partial charge on any atom is 0.305 e. The fraction of sp³-hybridized carbons (Fsp3) is 0.769. The van der Waals surface area contributed by atoms with Gasteiger partial charge in [0.2, 0.25) is 11.2 Å². The van der Waals surface area contributed by atoms with Crippen molar-refractivity contribution in [3.63, 3.8) is 0 Å². The third kappa shape index (κ3) is 3.73. The maximum atomic E-state index is 12.0. The zero-order chi connectivity index (χ0) is 15.6. The van der Waals surface area contributed by atoms with Gasteiger partial charge < -0.3 is 14.2 Å². The zero-order valence-corrected chi connectivity index (χ0v) is 12.8. The Labute approximate surface area is 128 Å². The number of rotatable bonds is 4. The highest BCUT2D eigenvalue weighted by atomic mass is 16.7. The minimum Gasteiger partial charge on any atom is -0.377 e. The molecule has 122 valence electrons. The van der Waals surface area contributed by atoms with Gasteiger partial charge in [0.05, 0.1) is 50.2 Å². The van der Waals surface area contributed by atoms with Gasteiger partial charge in [-0.1, -0.05) is 0 Å². The van der Waals surface area contributed by atoms with E-state index in [1.807, 2.05) is 18.9 Å². The van der Waals surface area contributed by atoms with Crippen LogP contribution in [-0.2, 0) is 19.0 Å². The van der Waals surface area contributed by atoms with Crippen LogP contribution in [0.4, 0.5) is 5.88 Å². The molecule has 22 heavy (non-hydrogen) atoms. The lowest BCUT2D eigenvalue weighted by molar-refractivity contribution is -0.759. The van der Waals surface area contributed by atoms with Crippen molar-refractivity contribution in [1.82, 2.24) is 5.27 Å². The number of morpholine rings is 1. The number of nitrogens with zero attached hydrogens (tertiary/aromatic N) is 3. The molecule has 3 rings (SSSR count). The second-order valence-electron chi connectivity index (χ2n) is 5.76. The van der Waals surface area contributed by atoms with Crippen LogP contribution < -0.4 is 15.1 Å².